The molecule has 7 rings (SSSR count). The van der Waals surface area contributed by atoms with E-state index in [-0.39, 0.29) is 44.8 Å². The molecule has 5 aromatic rings. The number of carbonyl (C=O) groups is 5. The van der Waals surface area contributed by atoms with Gasteiger partial charge in [-0.05, 0) is 45.4 Å². The van der Waals surface area contributed by atoms with Crippen LogP contribution in [0.2, 0.25) is 0 Å². The first-order valence-corrected chi connectivity index (χ1v) is 18.4. The van der Waals surface area contributed by atoms with E-state index in [0.717, 1.165) is 43.8 Å². The van der Waals surface area contributed by atoms with Crippen LogP contribution in [-0.2, 0) is 48.1 Å². The van der Waals surface area contributed by atoms with Crippen molar-refractivity contribution in [3.05, 3.63) is 167 Å². The number of alkyl carbamates (subject to hydrolysis) is 1. The quantitative estimate of drug-likeness (QED) is 0.139. The third-order valence-electron chi connectivity index (χ3n) is 10.1. The fourth-order valence-corrected chi connectivity index (χ4v) is 7.35. The van der Waals surface area contributed by atoms with Crippen LogP contribution in [0.1, 0.15) is 46.6 Å². The van der Waals surface area contributed by atoms with Crippen LogP contribution in [0.4, 0.5) is 4.79 Å². The predicted octanol–water partition coefficient (Wildman–Crippen LogP) is 6.12. The number of hydrogen-bond donors (Lipinski definition) is 2. The van der Waals surface area contributed by atoms with Gasteiger partial charge in [-0.3, -0.25) is 19.3 Å². The highest BCUT2D eigenvalue weighted by Gasteiger charge is 2.44. The Morgan fingerprint density at radius 2 is 1.13 bits per heavy atom. The van der Waals surface area contributed by atoms with Crippen LogP contribution in [-0.4, -0.2) is 59.4 Å². The Kier molecular flexibility index (Phi) is 11.4. The smallest absolute Gasteiger partial charge is 0.407 e. The molecule has 278 valence electrons. The summed E-state index contributed by atoms with van der Waals surface area (Å²) in [7, 11) is 0. The van der Waals surface area contributed by atoms with E-state index in [2.05, 4.69) is 10.6 Å². The highest BCUT2D eigenvalue weighted by atomic mass is 16.5. The van der Waals surface area contributed by atoms with E-state index in [1.54, 1.807) is 0 Å². The van der Waals surface area contributed by atoms with Gasteiger partial charge in [0.25, 0.3) is 5.91 Å². The summed E-state index contributed by atoms with van der Waals surface area (Å²) >= 11 is 0. The number of hydrogen-bond acceptors (Lipinski definition) is 7. The number of fused-ring (bicyclic) bond motifs is 3. The Morgan fingerprint density at radius 1 is 0.618 bits per heavy atom. The molecule has 55 heavy (non-hydrogen) atoms. The average Bonchev–Trinajstić information content (AvgIpc) is 3.77. The molecule has 10 heteroatoms. The SMILES string of the molecule is O=C(N[C@@H](Cc1ccccc1)C(=O)N1C(=O)CC[C@@H]1C(=O)N[C@@H](Cc1ccccc1)C(=O)OCc1ccccc1)OCC1c2ccccc2-c2ccccc21. The summed E-state index contributed by atoms with van der Waals surface area (Å²) in [6, 6.07) is 39.9. The first-order chi connectivity index (χ1) is 26.9. The third-order valence-corrected chi connectivity index (χ3v) is 10.1. The van der Waals surface area contributed by atoms with E-state index in [9.17, 15) is 24.0 Å². The molecule has 1 heterocycles. The summed E-state index contributed by atoms with van der Waals surface area (Å²) in [5, 5.41) is 5.48. The van der Waals surface area contributed by atoms with Gasteiger partial charge >= 0.3 is 12.1 Å². The fourth-order valence-electron chi connectivity index (χ4n) is 7.35. The van der Waals surface area contributed by atoms with Crippen molar-refractivity contribution in [2.75, 3.05) is 6.61 Å². The molecule has 0 unspecified atom stereocenters. The topological polar surface area (TPSA) is 131 Å². The number of nitrogens with one attached hydrogen (secondary N) is 2. The number of nitrogens with zero attached hydrogens (tertiary/aromatic N) is 1. The van der Waals surface area contributed by atoms with Gasteiger partial charge in [0.05, 0.1) is 0 Å². The Labute approximate surface area is 319 Å². The molecule has 0 spiro atoms. The van der Waals surface area contributed by atoms with E-state index in [0.29, 0.717) is 0 Å². The average molecular weight is 736 g/mol. The molecular weight excluding hydrogens is 695 g/mol. The molecule has 2 aliphatic rings. The summed E-state index contributed by atoms with van der Waals surface area (Å²) in [6.07, 6.45) is -0.655. The van der Waals surface area contributed by atoms with Gasteiger partial charge in [0.15, 0.2) is 0 Å². The van der Waals surface area contributed by atoms with E-state index >= 15 is 0 Å². The van der Waals surface area contributed by atoms with Crippen molar-refractivity contribution in [1.82, 2.24) is 15.5 Å². The minimum absolute atomic E-state index is 0.00998. The van der Waals surface area contributed by atoms with E-state index < -0.39 is 47.9 Å². The lowest BCUT2D eigenvalue weighted by Gasteiger charge is -2.28. The normalized spacial score (nSPS) is 15.7. The largest absolute Gasteiger partial charge is 0.459 e. The number of carbonyl (C=O) groups excluding carboxylic acids is 5. The molecular formula is C45H41N3O7. The van der Waals surface area contributed by atoms with Crippen LogP contribution < -0.4 is 10.6 Å². The fraction of sp³-hybridized carbons (Fsp3) is 0.222. The number of amides is 4. The standard InChI is InChI=1S/C45H41N3O7/c49-41-25-24-40(42(50)46-39(27-31-16-6-2-7-17-31)44(52)54-28-32-18-8-3-9-19-32)48(41)43(51)38(26-30-14-4-1-5-15-30)47-45(53)55-29-37-35-22-12-10-20-33(35)34-21-11-13-23-36(34)37/h1-23,37-40H,24-29H2,(H,46,50)(H,47,53)/t38-,39-,40+/m0/s1. The molecule has 3 atom stereocenters. The van der Waals surface area contributed by atoms with Crippen molar-refractivity contribution in [3.63, 3.8) is 0 Å². The minimum Gasteiger partial charge on any atom is -0.459 e. The van der Waals surface area contributed by atoms with Gasteiger partial charge in [-0.2, -0.15) is 0 Å². The summed E-state index contributed by atoms with van der Waals surface area (Å²) in [5.74, 6) is -2.81. The molecule has 5 aromatic carbocycles. The second kappa shape index (κ2) is 17.1. The summed E-state index contributed by atoms with van der Waals surface area (Å²) in [6.45, 7) is 0.0407. The molecule has 1 fully saturated rings. The number of benzene rings is 5. The van der Waals surface area contributed by atoms with Crippen LogP contribution in [0, 0.1) is 0 Å². The van der Waals surface area contributed by atoms with E-state index in [4.69, 9.17) is 9.47 Å². The molecule has 1 saturated heterocycles. The highest BCUT2D eigenvalue weighted by Crippen LogP contribution is 2.44. The third kappa shape index (κ3) is 8.65. The summed E-state index contributed by atoms with van der Waals surface area (Å²) in [5.41, 5.74) is 6.55. The van der Waals surface area contributed by atoms with Crippen LogP contribution in [0.25, 0.3) is 11.1 Å². The second-order valence-electron chi connectivity index (χ2n) is 13.7. The van der Waals surface area contributed by atoms with Crippen molar-refractivity contribution in [2.24, 2.45) is 0 Å². The van der Waals surface area contributed by atoms with Gasteiger partial charge in [-0.25, -0.2) is 9.59 Å². The molecule has 1 aliphatic carbocycles. The first-order valence-electron chi connectivity index (χ1n) is 18.4. The van der Waals surface area contributed by atoms with Crippen molar-refractivity contribution in [2.45, 2.75) is 56.3 Å². The molecule has 4 amide bonds. The van der Waals surface area contributed by atoms with Gasteiger partial charge < -0.3 is 20.1 Å². The zero-order valence-corrected chi connectivity index (χ0v) is 30.1. The second-order valence-corrected chi connectivity index (χ2v) is 13.7. The van der Waals surface area contributed by atoms with E-state index in [1.807, 2.05) is 140 Å². The van der Waals surface area contributed by atoms with E-state index in [1.165, 1.54) is 0 Å². The molecule has 10 nitrogen and oxygen atoms in total. The highest BCUT2D eigenvalue weighted by molar-refractivity contribution is 6.05. The summed E-state index contributed by atoms with van der Waals surface area (Å²) < 4.78 is 11.4. The Morgan fingerprint density at radius 3 is 1.71 bits per heavy atom. The molecule has 2 N–H and O–H groups in total. The number of esters is 1. The lowest BCUT2D eigenvalue weighted by molar-refractivity contribution is -0.151. The predicted molar refractivity (Wildman–Crippen MR) is 205 cm³/mol. The number of likely N-dealkylation sites (tertiary alicyclic amines) is 1. The lowest BCUT2D eigenvalue weighted by atomic mass is 9.98. The maximum Gasteiger partial charge on any atom is 0.407 e. The lowest BCUT2D eigenvalue weighted by Crippen LogP contribution is -2.57. The maximum absolute atomic E-state index is 14.3. The van der Waals surface area contributed by atoms with Gasteiger partial charge in [-0.15, -0.1) is 0 Å². The van der Waals surface area contributed by atoms with Crippen LogP contribution in [0.5, 0.6) is 0 Å². The number of rotatable bonds is 13. The zero-order chi connectivity index (χ0) is 38.1. The van der Waals surface area contributed by atoms with Crippen molar-refractivity contribution >= 4 is 29.8 Å². The van der Waals surface area contributed by atoms with Crippen LogP contribution >= 0.6 is 0 Å². The number of imide groups is 1. The molecule has 0 bridgehead atoms. The van der Waals surface area contributed by atoms with Crippen molar-refractivity contribution in [1.29, 1.82) is 0 Å². The molecule has 0 radical (unpaired) electrons. The Balaban J connectivity index is 1.07. The van der Waals surface area contributed by atoms with Gasteiger partial charge in [0.1, 0.15) is 31.3 Å². The monoisotopic (exact) mass is 735 g/mol. The molecule has 0 aromatic heterocycles. The van der Waals surface area contributed by atoms with Gasteiger partial charge in [-0.1, -0.05) is 140 Å². The van der Waals surface area contributed by atoms with Crippen molar-refractivity contribution in [3.8, 4) is 11.1 Å². The zero-order valence-electron chi connectivity index (χ0n) is 30.1. The van der Waals surface area contributed by atoms with Crippen LogP contribution in [0.3, 0.4) is 0 Å². The number of ether oxygens (including phenoxy) is 2. The maximum atomic E-state index is 14.3. The molecule has 1 aliphatic heterocycles. The first kappa shape index (κ1) is 36.8. The van der Waals surface area contributed by atoms with Crippen LogP contribution in [0.15, 0.2) is 140 Å². The molecule has 0 saturated carbocycles. The Bertz CT molecular complexity index is 2110. The Hall–Kier alpha value is -6.55. The van der Waals surface area contributed by atoms with Gasteiger partial charge in [0, 0.05) is 25.2 Å². The minimum atomic E-state index is -1.23. The summed E-state index contributed by atoms with van der Waals surface area (Å²) in [4.78, 5) is 69.5. The van der Waals surface area contributed by atoms with Crippen molar-refractivity contribution < 1.29 is 33.4 Å². The van der Waals surface area contributed by atoms with Gasteiger partial charge in [0.2, 0.25) is 11.8 Å².